The summed E-state index contributed by atoms with van der Waals surface area (Å²) in [5, 5.41) is 37.2. The molecule has 7 N–H and O–H groups in total. The van der Waals surface area contributed by atoms with Gasteiger partial charge >= 0.3 is 59.7 Å². The van der Waals surface area contributed by atoms with Crippen LogP contribution in [0.1, 0.15) is 261 Å². The van der Waals surface area contributed by atoms with Crippen molar-refractivity contribution in [1.29, 1.82) is 0 Å². The minimum absolute atomic E-state index is 0.0617. The summed E-state index contributed by atoms with van der Waals surface area (Å²) in [6, 6.07) is -5.86. The van der Waals surface area contributed by atoms with Crippen LogP contribution in [0, 0.1) is 5.92 Å². The molecule has 0 unspecified atom stereocenters. The van der Waals surface area contributed by atoms with Gasteiger partial charge in [0.2, 0.25) is 29.5 Å². The number of carbonyl (C=O) groups is 15. The minimum Gasteiger partial charge on any atom is -0.460 e. The average Bonchev–Trinajstić information content (AvgIpc) is 1.52. The van der Waals surface area contributed by atoms with Gasteiger partial charge < -0.3 is 84.2 Å². The number of aliphatic hydroxyl groups is 2. The molecule has 0 spiro atoms. The third-order valence-corrected chi connectivity index (χ3v) is 17.2. The zero-order valence-corrected chi connectivity index (χ0v) is 67.1. The van der Waals surface area contributed by atoms with Gasteiger partial charge in [0.1, 0.15) is 70.4 Å². The van der Waals surface area contributed by atoms with Gasteiger partial charge in [-0.05, 0) is 182 Å². The van der Waals surface area contributed by atoms with Gasteiger partial charge in [-0.1, -0.05) is 38.7 Å². The molecule has 32 nitrogen and oxygen atoms in total. The summed E-state index contributed by atoms with van der Waals surface area (Å²) in [4.78, 5) is 203. The van der Waals surface area contributed by atoms with E-state index in [1.165, 1.54) is 47.6 Å². The number of carbonyl (C=O) groups excluding carboxylic acids is 15. The van der Waals surface area contributed by atoms with Crippen LogP contribution in [0.3, 0.4) is 0 Å². The van der Waals surface area contributed by atoms with Crippen LogP contribution in [0.15, 0.2) is 22.8 Å². The molecule has 610 valence electrons. The van der Waals surface area contributed by atoms with E-state index in [1.54, 1.807) is 90.0 Å². The Bertz CT molecular complexity index is 3360. The zero-order chi connectivity index (χ0) is 82.6. The first-order valence-electron chi connectivity index (χ1n) is 36.8. The van der Waals surface area contributed by atoms with Crippen molar-refractivity contribution in [1.82, 2.24) is 26.6 Å². The predicted molar refractivity (Wildman–Crippen MR) is 385 cm³/mol. The second-order valence-electron chi connectivity index (χ2n) is 32.9. The highest BCUT2D eigenvalue weighted by molar-refractivity contribution is 5.92. The van der Waals surface area contributed by atoms with Gasteiger partial charge in [-0.2, -0.15) is 0 Å². The van der Waals surface area contributed by atoms with Crippen LogP contribution in [0.4, 0.5) is 0 Å². The van der Waals surface area contributed by atoms with Crippen molar-refractivity contribution in [2.75, 3.05) is 6.54 Å². The standard InChI is InChI=1S/C76H119N5O27/c1-23-25-26-27-28-29-55(88)100-61-59-58(43(4)60(61)101-63(91)42(3)24-2)62-76(98,75(22,97)68(96)102-62)49(40-74(59,21)103-44(5)82)99-57(90)41-77-50(83)37-38-54(87)80-47(66(94)107-72(15,16)17)32-35-52(85)78-45(64(92)105-70(9,10)11)30-34-51(84)79-46(65(93)106-71(12,13)14)31-36-53(86)81-48(67(95)108-73(18,19)20)33-39-56(89)104-69(6,7)8/h24,45-49,59-62,97-98H,23,25-41H2,1-22H3,(H,77,83)(H,78,85)(H,79,84)(H,80,87)(H,81,86)/b42-24-/t45-,46-,47-,48-,49-,59+,60-,61-,62-,74-,75+,76+/m0/s1. The molecule has 12 atom stereocenters. The monoisotopic (exact) mass is 1530 g/mol. The number of amides is 5. The largest absolute Gasteiger partial charge is 0.460 e. The van der Waals surface area contributed by atoms with Crippen LogP contribution < -0.4 is 26.6 Å². The van der Waals surface area contributed by atoms with E-state index in [4.69, 9.17) is 47.4 Å². The maximum Gasteiger partial charge on any atom is 0.341 e. The van der Waals surface area contributed by atoms with Crippen molar-refractivity contribution >= 4 is 89.2 Å². The highest BCUT2D eigenvalue weighted by Gasteiger charge is 2.76. The molecule has 1 saturated heterocycles. The molecule has 3 aliphatic rings. The maximum absolute atomic E-state index is 14.0. The van der Waals surface area contributed by atoms with Crippen LogP contribution in [-0.4, -0.2) is 199 Å². The lowest BCUT2D eigenvalue weighted by Gasteiger charge is -2.41. The quantitative estimate of drug-likeness (QED) is 0.0128. The number of unbranched alkanes of at least 4 members (excludes halogenated alkanes) is 4. The normalized spacial score (nSPS) is 22.6. The second-order valence-corrected chi connectivity index (χ2v) is 32.9. The van der Waals surface area contributed by atoms with Crippen LogP contribution >= 0.6 is 0 Å². The topological polar surface area (TPSA) is 449 Å². The fourth-order valence-corrected chi connectivity index (χ4v) is 12.2. The van der Waals surface area contributed by atoms with Crippen molar-refractivity contribution < 1.29 is 129 Å². The number of ether oxygens (including phenoxy) is 10. The van der Waals surface area contributed by atoms with E-state index in [2.05, 4.69) is 26.6 Å². The molecule has 0 bridgehead atoms. The lowest BCUT2D eigenvalue weighted by atomic mass is 9.75. The fourth-order valence-electron chi connectivity index (χ4n) is 12.2. The summed E-state index contributed by atoms with van der Waals surface area (Å²) in [6.07, 6.45) is -6.88. The summed E-state index contributed by atoms with van der Waals surface area (Å²) in [5.74, 6) is -15.2. The molecule has 1 heterocycles. The number of fused-ring (bicyclic) bond motifs is 3. The molecule has 0 aromatic rings. The zero-order valence-electron chi connectivity index (χ0n) is 67.1. The molecule has 0 aromatic heterocycles. The van der Waals surface area contributed by atoms with Gasteiger partial charge in [0.15, 0.2) is 29.5 Å². The van der Waals surface area contributed by atoms with Gasteiger partial charge in [-0.15, -0.1) is 0 Å². The number of hydrogen-bond donors (Lipinski definition) is 7. The van der Waals surface area contributed by atoms with E-state index in [1.807, 2.05) is 6.92 Å². The number of hydrogen-bond acceptors (Lipinski definition) is 27. The third kappa shape index (κ3) is 29.8. The van der Waals surface area contributed by atoms with Crippen LogP contribution in [-0.2, 0) is 119 Å². The first kappa shape index (κ1) is 93.7. The molecule has 0 aromatic carbocycles. The maximum atomic E-state index is 14.0. The molecular formula is C76H119N5O27. The second kappa shape index (κ2) is 39.2. The summed E-state index contributed by atoms with van der Waals surface area (Å²) in [5.41, 5.74) is -12.7. The van der Waals surface area contributed by atoms with Crippen LogP contribution in [0.25, 0.3) is 0 Å². The van der Waals surface area contributed by atoms with Crippen molar-refractivity contribution in [2.45, 2.75) is 355 Å². The summed E-state index contributed by atoms with van der Waals surface area (Å²) in [7, 11) is 0. The fraction of sp³-hybridized carbons (Fsp3) is 0.750. The first-order chi connectivity index (χ1) is 49.5. The summed E-state index contributed by atoms with van der Waals surface area (Å²) >= 11 is 0. The van der Waals surface area contributed by atoms with Crippen molar-refractivity contribution in [3.05, 3.63) is 22.8 Å². The molecular weight excluding hydrogens is 1410 g/mol. The number of esters is 10. The number of rotatable bonds is 36. The van der Waals surface area contributed by atoms with E-state index in [0.717, 1.165) is 33.1 Å². The highest BCUT2D eigenvalue weighted by Crippen LogP contribution is 2.58. The van der Waals surface area contributed by atoms with Crippen molar-refractivity contribution in [3.8, 4) is 0 Å². The van der Waals surface area contributed by atoms with Gasteiger partial charge in [0.25, 0.3) is 0 Å². The molecule has 1 aliphatic heterocycles. The molecule has 3 rings (SSSR count). The van der Waals surface area contributed by atoms with E-state index in [0.29, 0.717) is 12.8 Å². The van der Waals surface area contributed by atoms with Crippen LogP contribution in [0.5, 0.6) is 0 Å². The van der Waals surface area contributed by atoms with Crippen LogP contribution in [0.2, 0.25) is 0 Å². The van der Waals surface area contributed by atoms with Gasteiger partial charge in [-0.25, -0.2) is 28.8 Å². The average molecular weight is 1530 g/mol. The third-order valence-electron chi connectivity index (χ3n) is 17.2. The van der Waals surface area contributed by atoms with E-state index in [9.17, 15) is 82.1 Å². The lowest BCUT2D eigenvalue weighted by Crippen LogP contribution is -2.64. The Morgan fingerprint density at radius 3 is 1.31 bits per heavy atom. The molecule has 2 fully saturated rings. The van der Waals surface area contributed by atoms with Gasteiger partial charge in [0.05, 0.1) is 5.92 Å². The molecule has 108 heavy (non-hydrogen) atoms. The van der Waals surface area contributed by atoms with E-state index >= 15 is 0 Å². The summed E-state index contributed by atoms with van der Waals surface area (Å²) < 4.78 is 57.2. The summed E-state index contributed by atoms with van der Waals surface area (Å²) in [6.45, 7) is 32.8. The van der Waals surface area contributed by atoms with Gasteiger partial charge in [-0.3, -0.25) is 43.2 Å². The smallest absolute Gasteiger partial charge is 0.341 e. The highest BCUT2D eigenvalue weighted by atomic mass is 16.6. The number of allylic oxidation sites excluding steroid dienone is 1. The predicted octanol–water partition coefficient (Wildman–Crippen LogP) is 5.79. The molecule has 32 heteroatoms. The SMILES string of the molecule is C/C=C(/C)C(=O)O[C@H]1C(C)=C2[C@H]([C@@H]1OC(=O)CCCCCCC)[C@@](C)(OC(C)=O)C[C@H](OC(=O)CNC(=O)CCC(=O)N[C@@H](CCC(=O)N[C@@H](CCC(=O)N[C@@H](CCC(=O)N[C@@H](CCC(=O)OC(C)(C)C)C(=O)OC(C)(C)C)C(=O)OC(C)(C)C)C(=O)OC(C)(C)C)C(=O)OC(C)(C)C)[C@@]1(O)[C@H]2OC(=O)[C@@]1(C)O. The Kier molecular flexibility index (Phi) is 34.0. The minimum atomic E-state index is -2.93. The molecule has 0 radical (unpaired) electrons. The Balaban J connectivity index is 1.82. The Labute approximate surface area is 633 Å². The van der Waals surface area contributed by atoms with E-state index < -0.39 is 246 Å². The number of nitrogens with one attached hydrogen (secondary N) is 5. The Hall–Kier alpha value is -8.55. The lowest BCUT2D eigenvalue weighted by molar-refractivity contribution is -0.211. The van der Waals surface area contributed by atoms with Gasteiger partial charge in [0, 0.05) is 63.9 Å². The van der Waals surface area contributed by atoms with Crippen molar-refractivity contribution in [2.24, 2.45) is 5.92 Å². The molecule has 2 aliphatic carbocycles. The molecule has 5 amide bonds. The Morgan fingerprint density at radius 2 is 0.917 bits per heavy atom. The van der Waals surface area contributed by atoms with E-state index in [-0.39, 0.29) is 42.4 Å². The Morgan fingerprint density at radius 1 is 0.519 bits per heavy atom. The first-order valence-corrected chi connectivity index (χ1v) is 36.8. The molecule has 1 saturated carbocycles. The van der Waals surface area contributed by atoms with Crippen molar-refractivity contribution in [3.63, 3.8) is 0 Å².